The van der Waals surface area contributed by atoms with Crippen molar-refractivity contribution in [2.24, 2.45) is 11.5 Å². The molecule has 8 heteroatoms. The first kappa shape index (κ1) is 15.3. The van der Waals surface area contributed by atoms with Crippen molar-refractivity contribution in [3.63, 3.8) is 0 Å². The van der Waals surface area contributed by atoms with Gasteiger partial charge in [-0.3, -0.25) is 10.1 Å². The summed E-state index contributed by atoms with van der Waals surface area (Å²) in [5.41, 5.74) is 11.2. The highest BCUT2D eigenvalue weighted by Gasteiger charge is 2.37. The maximum atomic E-state index is 11.4. The van der Waals surface area contributed by atoms with E-state index in [2.05, 4.69) is 10.6 Å². The minimum atomic E-state index is -0.933. The van der Waals surface area contributed by atoms with Crippen molar-refractivity contribution >= 4 is 5.91 Å². The van der Waals surface area contributed by atoms with Crippen molar-refractivity contribution in [2.75, 3.05) is 19.8 Å². The first-order valence-corrected chi connectivity index (χ1v) is 5.92. The van der Waals surface area contributed by atoms with Crippen molar-refractivity contribution in [3.8, 4) is 0 Å². The molecule has 0 bridgehead atoms. The number of aliphatic hydroxyl groups is 2. The lowest BCUT2D eigenvalue weighted by atomic mass is 9.99. The molecule has 1 saturated heterocycles. The number of nitrogens with two attached hydrogens (primary N) is 2. The third kappa shape index (κ3) is 3.87. The zero-order valence-corrected chi connectivity index (χ0v) is 10.4. The molecule has 5 atom stereocenters. The fraction of sp³-hybridized carbons (Fsp3) is 0.900. The molecule has 0 aromatic rings. The average Bonchev–Trinajstić information content (AvgIpc) is 2.34. The number of nitrogens with one attached hydrogen (secondary N) is 2. The molecule has 0 spiro atoms. The van der Waals surface area contributed by atoms with Crippen LogP contribution in [0.4, 0.5) is 0 Å². The number of carbonyl (C=O) groups is 1. The summed E-state index contributed by atoms with van der Waals surface area (Å²) < 4.78 is 5.39. The number of hydrogen-bond donors (Lipinski definition) is 6. The van der Waals surface area contributed by atoms with Crippen molar-refractivity contribution in [3.05, 3.63) is 0 Å². The number of hydrogen-bond acceptors (Lipinski definition) is 7. The first-order valence-electron chi connectivity index (χ1n) is 5.92. The summed E-state index contributed by atoms with van der Waals surface area (Å²) in [6.45, 7) is 1.96. The average molecular weight is 262 g/mol. The van der Waals surface area contributed by atoms with Crippen molar-refractivity contribution in [1.29, 1.82) is 0 Å². The Kier molecular flexibility index (Phi) is 5.93. The van der Waals surface area contributed by atoms with Gasteiger partial charge in [-0.15, -0.1) is 0 Å². The summed E-state index contributed by atoms with van der Waals surface area (Å²) in [5.74, 6) is -0.364. The van der Waals surface area contributed by atoms with Crippen LogP contribution in [0.1, 0.15) is 6.92 Å². The van der Waals surface area contributed by atoms with Crippen LogP contribution in [0.3, 0.4) is 0 Å². The summed E-state index contributed by atoms with van der Waals surface area (Å²) >= 11 is 0. The normalized spacial score (nSPS) is 34.1. The molecular formula is C10H22N4O4. The molecule has 8 N–H and O–H groups in total. The number of carbonyl (C=O) groups excluding carboxylic acids is 1. The predicted octanol–water partition coefficient (Wildman–Crippen LogP) is -3.56. The lowest BCUT2D eigenvalue weighted by Crippen LogP contribution is -2.66. The Morgan fingerprint density at radius 2 is 2.28 bits per heavy atom. The second-order valence-electron chi connectivity index (χ2n) is 4.40. The van der Waals surface area contributed by atoms with E-state index in [4.69, 9.17) is 21.3 Å². The molecule has 1 aliphatic heterocycles. The number of amides is 1. The van der Waals surface area contributed by atoms with Crippen molar-refractivity contribution in [1.82, 2.24) is 10.6 Å². The van der Waals surface area contributed by atoms with E-state index in [1.165, 1.54) is 0 Å². The van der Waals surface area contributed by atoms with Crippen molar-refractivity contribution < 1.29 is 19.7 Å². The maximum Gasteiger partial charge on any atom is 0.237 e. The van der Waals surface area contributed by atoms with Crippen LogP contribution in [-0.2, 0) is 9.53 Å². The maximum absolute atomic E-state index is 11.4. The molecular weight excluding hydrogens is 240 g/mol. The molecule has 18 heavy (non-hydrogen) atoms. The third-order valence-corrected chi connectivity index (χ3v) is 2.81. The van der Waals surface area contributed by atoms with Gasteiger partial charge >= 0.3 is 0 Å². The van der Waals surface area contributed by atoms with Gasteiger partial charge in [-0.2, -0.15) is 0 Å². The van der Waals surface area contributed by atoms with E-state index in [0.717, 1.165) is 0 Å². The van der Waals surface area contributed by atoms with Gasteiger partial charge in [0.05, 0.1) is 37.4 Å². The molecule has 2 unspecified atom stereocenters. The van der Waals surface area contributed by atoms with Crippen LogP contribution in [-0.4, -0.2) is 66.3 Å². The number of ether oxygens (including phenoxy) is 1. The van der Waals surface area contributed by atoms with Crippen LogP contribution >= 0.6 is 0 Å². The van der Waals surface area contributed by atoms with Crippen LogP contribution in [0.15, 0.2) is 0 Å². The molecule has 0 aliphatic carbocycles. The van der Waals surface area contributed by atoms with E-state index >= 15 is 0 Å². The zero-order chi connectivity index (χ0) is 13.7. The molecule has 1 rings (SSSR count). The van der Waals surface area contributed by atoms with Crippen LogP contribution in [0, 0.1) is 0 Å². The Balaban J connectivity index is 2.49. The highest BCUT2D eigenvalue weighted by Crippen LogP contribution is 2.12. The quantitative estimate of drug-likeness (QED) is 0.301. The molecule has 1 aliphatic rings. The molecule has 0 aromatic carbocycles. The largest absolute Gasteiger partial charge is 0.395 e. The summed E-state index contributed by atoms with van der Waals surface area (Å²) in [7, 11) is 0. The Bertz CT molecular complexity index is 277. The highest BCUT2D eigenvalue weighted by molar-refractivity contribution is 5.81. The van der Waals surface area contributed by atoms with Crippen LogP contribution < -0.4 is 22.1 Å². The lowest BCUT2D eigenvalue weighted by Gasteiger charge is -2.39. The Morgan fingerprint density at radius 1 is 1.61 bits per heavy atom. The van der Waals surface area contributed by atoms with E-state index in [1.54, 1.807) is 6.92 Å². The van der Waals surface area contributed by atoms with Crippen LogP contribution in [0.5, 0.6) is 0 Å². The van der Waals surface area contributed by atoms with Gasteiger partial charge in [-0.1, -0.05) is 0 Å². The SMILES string of the molecule is C[C@@H](N)C(=O)N[C@H]1CO[C@@H](NCCO)C(N)C1O. The molecule has 1 fully saturated rings. The monoisotopic (exact) mass is 262 g/mol. The molecule has 1 amide bonds. The smallest absolute Gasteiger partial charge is 0.237 e. The predicted molar refractivity (Wildman–Crippen MR) is 64.4 cm³/mol. The van der Waals surface area contributed by atoms with Crippen molar-refractivity contribution in [2.45, 2.75) is 37.4 Å². The second kappa shape index (κ2) is 6.98. The fourth-order valence-electron chi connectivity index (χ4n) is 1.71. The highest BCUT2D eigenvalue weighted by atomic mass is 16.5. The summed E-state index contributed by atoms with van der Waals surface area (Å²) in [5, 5.41) is 24.1. The molecule has 1 heterocycles. The third-order valence-electron chi connectivity index (χ3n) is 2.81. The summed E-state index contributed by atoms with van der Waals surface area (Å²) in [6, 6.07) is -1.92. The lowest BCUT2D eigenvalue weighted by molar-refractivity contribution is -0.130. The first-order chi connectivity index (χ1) is 8.47. The zero-order valence-electron chi connectivity index (χ0n) is 10.4. The standard InChI is InChI=1S/C10H22N4O4/c1-5(11)9(17)14-6-4-18-10(13-2-3-15)7(12)8(6)16/h5-8,10,13,15-16H,2-4,11-12H2,1H3,(H,14,17)/t5-,6+,7?,8?,10-/m1/s1. The minimum absolute atomic E-state index is 0.0481. The summed E-state index contributed by atoms with van der Waals surface area (Å²) in [4.78, 5) is 11.4. The van der Waals surface area contributed by atoms with Gasteiger partial charge in [-0.25, -0.2) is 0 Å². The Hall–Kier alpha value is -0.770. The number of rotatable bonds is 5. The fourth-order valence-corrected chi connectivity index (χ4v) is 1.71. The van der Waals surface area contributed by atoms with E-state index in [-0.39, 0.29) is 19.1 Å². The van der Waals surface area contributed by atoms with Gasteiger partial charge in [-0.05, 0) is 6.92 Å². The minimum Gasteiger partial charge on any atom is -0.395 e. The Labute approximate surface area is 106 Å². The van der Waals surface area contributed by atoms with Gasteiger partial charge in [0.15, 0.2) is 0 Å². The number of aliphatic hydroxyl groups excluding tert-OH is 2. The van der Waals surface area contributed by atoms with Gasteiger partial charge in [0.2, 0.25) is 5.91 Å². The molecule has 8 nitrogen and oxygen atoms in total. The van der Waals surface area contributed by atoms with Crippen LogP contribution in [0.25, 0.3) is 0 Å². The second-order valence-corrected chi connectivity index (χ2v) is 4.40. The molecule has 0 radical (unpaired) electrons. The van der Waals surface area contributed by atoms with E-state index in [1.807, 2.05) is 0 Å². The van der Waals surface area contributed by atoms with E-state index < -0.39 is 30.5 Å². The Morgan fingerprint density at radius 3 is 2.83 bits per heavy atom. The van der Waals surface area contributed by atoms with E-state index in [9.17, 15) is 9.90 Å². The van der Waals surface area contributed by atoms with Gasteiger partial charge in [0.25, 0.3) is 0 Å². The molecule has 106 valence electrons. The molecule has 0 aromatic heterocycles. The van der Waals surface area contributed by atoms with Crippen LogP contribution in [0.2, 0.25) is 0 Å². The summed E-state index contributed by atoms with van der Waals surface area (Å²) in [6.07, 6.45) is -1.48. The van der Waals surface area contributed by atoms with Gasteiger partial charge in [0.1, 0.15) is 6.23 Å². The van der Waals surface area contributed by atoms with Gasteiger partial charge < -0.3 is 31.7 Å². The topological polar surface area (TPSA) is 143 Å². The molecule has 0 saturated carbocycles. The van der Waals surface area contributed by atoms with E-state index in [0.29, 0.717) is 6.54 Å². The van der Waals surface area contributed by atoms with Gasteiger partial charge in [0, 0.05) is 6.54 Å².